The number of aryl methyl sites for hydroxylation is 1. The van der Waals surface area contributed by atoms with Crippen LogP contribution in [0.25, 0.3) is 0 Å². The van der Waals surface area contributed by atoms with Crippen LogP contribution in [0.1, 0.15) is 11.5 Å². The highest BCUT2D eigenvalue weighted by Crippen LogP contribution is 2.14. The summed E-state index contributed by atoms with van der Waals surface area (Å²) in [5, 5.41) is 0. The summed E-state index contributed by atoms with van der Waals surface area (Å²) in [6, 6.07) is 0. The zero-order valence-electron chi connectivity index (χ0n) is 12.4. The first kappa shape index (κ1) is 14.2. The van der Waals surface area contributed by atoms with Gasteiger partial charge >= 0.3 is 0 Å². The van der Waals surface area contributed by atoms with Crippen molar-refractivity contribution in [2.24, 2.45) is 13.0 Å². The Morgan fingerprint density at radius 1 is 1.29 bits per heavy atom. The molecule has 3 heterocycles. The van der Waals surface area contributed by atoms with Gasteiger partial charge in [-0.05, 0) is 6.42 Å². The Labute approximate surface area is 124 Å². The first-order chi connectivity index (χ1) is 10.3. The fraction of sp³-hybridized carbons (Fsp3) is 0.533. The van der Waals surface area contributed by atoms with E-state index in [9.17, 15) is 0 Å². The van der Waals surface area contributed by atoms with Gasteiger partial charge in [-0.25, -0.2) is 4.98 Å². The van der Waals surface area contributed by atoms with Gasteiger partial charge in [0, 0.05) is 57.0 Å². The molecular formula is C15H21N5O. The van der Waals surface area contributed by atoms with Gasteiger partial charge < -0.3 is 9.30 Å². The van der Waals surface area contributed by atoms with E-state index < -0.39 is 0 Å². The topological polar surface area (TPSA) is 56.1 Å². The van der Waals surface area contributed by atoms with Crippen LogP contribution in [-0.4, -0.2) is 50.7 Å². The molecule has 6 nitrogen and oxygen atoms in total. The molecule has 1 aliphatic heterocycles. The van der Waals surface area contributed by atoms with Gasteiger partial charge in [0.1, 0.15) is 5.82 Å². The lowest BCUT2D eigenvalue weighted by molar-refractivity contribution is 0.121. The maximum absolute atomic E-state index is 5.74. The summed E-state index contributed by atoms with van der Waals surface area (Å²) in [6.45, 7) is 4.38. The largest absolute Gasteiger partial charge is 0.380 e. The molecule has 3 rings (SSSR count). The Kier molecular flexibility index (Phi) is 4.57. The average Bonchev–Trinajstić information content (AvgIpc) is 2.76. The van der Waals surface area contributed by atoms with Crippen molar-refractivity contribution in [3.05, 3.63) is 42.5 Å². The fourth-order valence-corrected chi connectivity index (χ4v) is 2.70. The Bertz CT molecular complexity index is 556. The van der Waals surface area contributed by atoms with Crippen molar-refractivity contribution in [3.63, 3.8) is 0 Å². The molecule has 6 heteroatoms. The molecule has 21 heavy (non-hydrogen) atoms. The molecule has 1 aliphatic rings. The molecular weight excluding hydrogens is 266 g/mol. The lowest BCUT2D eigenvalue weighted by Gasteiger charge is -2.22. The van der Waals surface area contributed by atoms with Gasteiger partial charge in [0.2, 0.25) is 0 Å². The molecule has 1 saturated heterocycles. The van der Waals surface area contributed by atoms with Crippen LogP contribution >= 0.6 is 0 Å². The van der Waals surface area contributed by atoms with E-state index in [2.05, 4.69) is 24.4 Å². The zero-order valence-corrected chi connectivity index (χ0v) is 12.4. The third kappa shape index (κ3) is 3.86. The van der Waals surface area contributed by atoms with Gasteiger partial charge in [0.15, 0.2) is 0 Å². The van der Waals surface area contributed by atoms with Crippen molar-refractivity contribution >= 4 is 0 Å². The summed E-state index contributed by atoms with van der Waals surface area (Å²) in [6.07, 6.45) is 10.0. The molecule has 2 aromatic rings. The van der Waals surface area contributed by atoms with E-state index in [-0.39, 0.29) is 0 Å². The summed E-state index contributed by atoms with van der Waals surface area (Å²) in [5.41, 5.74) is 1.03. The van der Waals surface area contributed by atoms with Gasteiger partial charge in [-0.15, -0.1) is 0 Å². The van der Waals surface area contributed by atoms with Gasteiger partial charge in [-0.1, -0.05) is 0 Å². The summed E-state index contributed by atoms with van der Waals surface area (Å²) < 4.78 is 7.81. The number of aromatic nitrogens is 4. The maximum atomic E-state index is 5.74. The minimum Gasteiger partial charge on any atom is -0.380 e. The van der Waals surface area contributed by atoms with E-state index in [1.54, 1.807) is 12.4 Å². The quantitative estimate of drug-likeness (QED) is 0.836. The van der Waals surface area contributed by atoms with Crippen LogP contribution in [0.15, 0.2) is 31.0 Å². The first-order valence-corrected chi connectivity index (χ1v) is 7.32. The summed E-state index contributed by atoms with van der Waals surface area (Å²) in [7, 11) is 2.04. The molecule has 2 aromatic heterocycles. The molecule has 0 N–H and O–H groups in total. The SMILES string of the molecule is Cn1ccnc1CN1CCOC[C@H](Cc2cnccn2)C1. The molecule has 0 unspecified atom stereocenters. The lowest BCUT2D eigenvalue weighted by atomic mass is 10.0. The van der Waals surface area contributed by atoms with E-state index in [1.165, 1.54) is 0 Å². The van der Waals surface area contributed by atoms with Crippen LogP contribution in [0.2, 0.25) is 0 Å². The van der Waals surface area contributed by atoms with Crippen molar-refractivity contribution < 1.29 is 4.74 Å². The second-order valence-electron chi connectivity index (χ2n) is 5.53. The van der Waals surface area contributed by atoms with Crippen LogP contribution in [0.5, 0.6) is 0 Å². The van der Waals surface area contributed by atoms with Gasteiger partial charge in [0.25, 0.3) is 0 Å². The summed E-state index contributed by atoms with van der Waals surface area (Å²) >= 11 is 0. The number of ether oxygens (including phenoxy) is 1. The molecule has 0 amide bonds. The monoisotopic (exact) mass is 287 g/mol. The first-order valence-electron chi connectivity index (χ1n) is 7.32. The molecule has 0 aliphatic carbocycles. The van der Waals surface area contributed by atoms with E-state index in [4.69, 9.17) is 4.74 Å². The van der Waals surface area contributed by atoms with Crippen LogP contribution in [0, 0.1) is 5.92 Å². The van der Waals surface area contributed by atoms with E-state index >= 15 is 0 Å². The van der Waals surface area contributed by atoms with Crippen LogP contribution < -0.4 is 0 Å². The summed E-state index contributed by atoms with van der Waals surface area (Å²) in [4.78, 5) is 15.3. The van der Waals surface area contributed by atoms with Crippen molar-refractivity contribution in [1.29, 1.82) is 0 Å². The Balaban J connectivity index is 1.62. The third-order valence-corrected chi connectivity index (χ3v) is 3.82. The number of hydrogen-bond donors (Lipinski definition) is 0. The highest BCUT2D eigenvalue weighted by Gasteiger charge is 2.20. The van der Waals surface area contributed by atoms with E-state index in [1.807, 2.05) is 25.6 Å². The molecule has 0 spiro atoms. The average molecular weight is 287 g/mol. The highest BCUT2D eigenvalue weighted by molar-refractivity contribution is 4.97. The van der Waals surface area contributed by atoms with Crippen molar-refractivity contribution in [1.82, 2.24) is 24.4 Å². The molecule has 0 saturated carbocycles. The van der Waals surface area contributed by atoms with Crippen LogP contribution in [-0.2, 0) is 24.8 Å². The molecule has 1 atom stereocenters. The van der Waals surface area contributed by atoms with E-state index in [0.29, 0.717) is 5.92 Å². The number of rotatable bonds is 4. The Morgan fingerprint density at radius 2 is 2.24 bits per heavy atom. The fourth-order valence-electron chi connectivity index (χ4n) is 2.70. The maximum Gasteiger partial charge on any atom is 0.122 e. The normalized spacial score (nSPS) is 20.3. The smallest absolute Gasteiger partial charge is 0.122 e. The summed E-state index contributed by atoms with van der Waals surface area (Å²) in [5.74, 6) is 1.54. The molecule has 0 aromatic carbocycles. The van der Waals surface area contributed by atoms with Crippen LogP contribution in [0.3, 0.4) is 0 Å². The highest BCUT2D eigenvalue weighted by atomic mass is 16.5. The van der Waals surface area contributed by atoms with Crippen LogP contribution in [0.4, 0.5) is 0 Å². The zero-order chi connectivity index (χ0) is 14.5. The van der Waals surface area contributed by atoms with Gasteiger partial charge in [-0.2, -0.15) is 0 Å². The Hall–Kier alpha value is -1.79. The second kappa shape index (κ2) is 6.78. The predicted molar refractivity (Wildman–Crippen MR) is 78.5 cm³/mol. The molecule has 0 radical (unpaired) electrons. The molecule has 112 valence electrons. The predicted octanol–water partition coefficient (Wildman–Crippen LogP) is 0.901. The van der Waals surface area contributed by atoms with Gasteiger partial charge in [0.05, 0.1) is 25.5 Å². The molecule has 1 fully saturated rings. The minimum absolute atomic E-state index is 0.449. The number of imidazole rings is 1. The van der Waals surface area contributed by atoms with Crippen molar-refractivity contribution in [2.45, 2.75) is 13.0 Å². The number of hydrogen-bond acceptors (Lipinski definition) is 5. The number of nitrogens with zero attached hydrogens (tertiary/aromatic N) is 5. The van der Waals surface area contributed by atoms with Gasteiger partial charge in [-0.3, -0.25) is 14.9 Å². The second-order valence-corrected chi connectivity index (χ2v) is 5.53. The third-order valence-electron chi connectivity index (χ3n) is 3.82. The van der Waals surface area contributed by atoms with Crippen molar-refractivity contribution in [3.8, 4) is 0 Å². The molecule has 0 bridgehead atoms. The van der Waals surface area contributed by atoms with E-state index in [0.717, 1.165) is 50.8 Å². The standard InChI is InChI=1S/C15H21N5O/c1-19-5-4-18-15(19)11-20-6-7-21-12-13(10-20)8-14-9-16-2-3-17-14/h2-5,9,13H,6-8,10-12H2,1H3/t13-/m1/s1. The minimum atomic E-state index is 0.449. The Morgan fingerprint density at radius 3 is 3.00 bits per heavy atom. The lowest BCUT2D eigenvalue weighted by Crippen LogP contribution is -2.31. The van der Waals surface area contributed by atoms with Crippen molar-refractivity contribution in [2.75, 3.05) is 26.3 Å².